The van der Waals surface area contributed by atoms with Crippen LogP contribution in [0.25, 0.3) is 10.8 Å². The summed E-state index contributed by atoms with van der Waals surface area (Å²) >= 11 is 0. The lowest BCUT2D eigenvalue weighted by molar-refractivity contribution is 0.911. The molecule has 0 unspecified atom stereocenters. The highest BCUT2D eigenvalue weighted by molar-refractivity contribution is 5.93. The van der Waals surface area contributed by atoms with Crippen LogP contribution in [0.3, 0.4) is 0 Å². The Balaban J connectivity index is 1.58. The SMILES string of the molecule is c1ccc2c(NCc3ccc4c(c3)CCC4)cccc2c1. The molecular formula is C20H19N. The number of aryl methyl sites for hydroxylation is 2. The van der Waals surface area contributed by atoms with E-state index < -0.39 is 0 Å². The van der Waals surface area contributed by atoms with Crippen LogP contribution in [0.1, 0.15) is 23.1 Å². The van der Waals surface area contributed by atoms with E-state index in [-0.39, 0.29) is 0 Å². The summed E-state index contributed by atoms with van der Waals surface area (Å²) in [6.07, 6.45) is 3.82. The van der Waals surface area contributed by atoms with Gasteiger partial charge in [0.25, 0.3) is 0 Å². The Kier molecular flexibility index (Phi) is 3.11. The maximum Gasteiger partial charge on any atom is 0.0422 e. The monoisotopic (exact) mass is 273 g/mol. The molecular weight excluding hydrogens is 254 g/mol. The van der Waals surface area contributed by atoms with Crippen molar-refractivity contribution in [1.82, 2.24) is 0 Å². The first-order chi connectivity index (χ1) is 10.4. The Hall–Kier alpha value is -2.28. The van der Waals surface area contributed by atoms with Crippen molar-refractivity contribution in [3.05, 3.63) is 77.4 Å². The number of rotatable bonds is 3. The Morgan fingerprint density at radius 2 is 1.67 bits per heavy atom. The van der Waals surface area contributed by atoms with Gasteiger partial charge in [-0.3, -0.25) is 0 Å². The molecule has 0 atom stereocenters. The molecule has 1 aliphatic carbocycles. The van der Waals surface area contributed by atoms with Crippen molar-refractivity contribution in [3.63, 3.8) is 0 Å². The van der Waals surface area contributed by atoms with Crippen LogP contribution in [-0.2, 0) is 19.4 Å². The fourth-order valence-electron chi connectivity index (χ4n) is 3.31. The Morgan fingerprint density at radius 1 is 0.810 bits per heavy atom. The minimum Gasteiger partial charge on any atom is -0.380 e. The van der Waals surface area contributed by atoms with Crippen LogP contribution in [-0.4, -0.2) is 0 Å². The summed E-state index contributed by atoms with van der Waals surface area (Å²) in [6, 6.07) is 21.9. The Bertz CT molecular complexity index is 783. The van der Waals surface area contributed by atoms with E-state index >= 15 is 0 Å². The van der Waals surface area contributed by atoms with E-state index in [1.165, 1.54) is 41.3 Å². The fourth-order valence-corrected chi connectivity index (χ4v) is 3.31. The van der Waals surface area contributed by atoms with Crippen LogP contribution in [0.4, 0.5) is 5.69 Å². The van der Waals surface area contributed by atoms with Gasteiger partial charge in [-0.2, -0.15) is 0 Å². The minimum absolute atomic E-state index is 0.890. The minimum atomic E-state index is 0.890. The van der Waals surface area contributed by atoms with Gasteiger partial charge in [-0.05, 0) is 47.4 Å². The predicted molar refractivity (Wildman–Crippen MR) is 89.7 cm³/mol. The van der Waals surface area contributed by atoms with E-state index in [1.54, 1.807) is 11.1 Å². The zero-order valence-electron chi connectivity index (χ0n) is 12.1. The van der Waals surface area contributed by atoms with Crippen LogP contribution in [0.15, 0.2) is 60.7 Å². The van der Waals surface area contributed by atoms with Gasteiger partial charge in [0.05, 0.1) is 0 Å². The molecule has 3 aromatic rings. The predicted octanol–water partition coefficient (Wildman–Crippen LogP) is 4.94. The summed E-state index contributed by atoms with van der Waals surface area (Å²) in [7, 11) is 0. The van der Waals surface area contributed by atoms with Crippen LogP contribution in [0.5, 0.6) is 0 Å². The highest BCUT2D eigenvalue weighted by Gasteiger charge is 2.10. The second kappa shape index (κ2) is 5.25. The number of fused-ring (bicyclic) bond motifs is 2. The van der Waals surface area contributed by atoms with Gasteiger partial charge < -0.3 is 5.32 Å². The number of hydrogen-bond donors (Lipinski definition) is 1. The second-order valence-corrected chi connectivity index (χ2v) is 5.84. The topological polar surface area (TPSA) is 12.0 Å². The summed E-state index contributed by atoms with van der Waals surface area (Å²) in [5, 5.41) is 6.18. The molecule has 0 radical (unpaired) electrons. The third-order valence-corrected chi connectivity index (χ3v) is 4.44. The van der Waals surface area contributed by atoms with Gasteiger partial charge in [0.1, 0.15) is 0 Å². The zero-order chi connectivity index (χ0) is 14.1. The van der Waals surface area contributed by atoms with Gasteiger partial charge >= 0.3 is 0 Å². The van der Waals surface area contributed by atoms with Gasteiger partial charge in [0.15, 0.2) is 0 Å². The molecule has 0 amide bonds. The van der Waals surface area contributed by atoms with Crippen molar-refractivity contribution in [2.45, 2.75) is 25.8 Å². The van der Waals surface area contributed by atoms with Crippen LogP contribution in [0, 0.1) is 0 Å². The fraction of sp³-hybridized carbons (Fsp3) is 0.200. The summed E-state index contributed by atoms with van der Waals surface area (Å²) in [4.78, 5) is 0. The molecule has 104 valence electrons. The number of hydrogen-bond acceptors (Lipinski definition) is 1. The smallest absolute Gasteiger partial charge is 0.0422 e. The lowest BCUT2D eigenvalue weighted by Crippen LogP contribution is -2.00. The van der Waals surface area contributed by atoms with E-state index in [1.807, 2.05) is 0 Å². The van der Waals surface area contributed by atoms with Gasteiger partial charge in [0, 0.05) is 17.6 Å². The summed E-state index contributed by atoms with van der Waals surface area (Å²) in [5.41, 5.74) is 5.69. The molecule has 1 N–H and O–H groups in total. The van der Waals surface area contributed by atoms with Crippen molar-refractivity contribution in [2.75, 3.05) is 5.32 Å². The van der Waals surface area contributed by atoms with Crippen molar-refractivity contribution < 1.29 is 0 Å². The number of anilines is 1. The molecule has 0 saturated heterocycles. The normalized spacial score (nSPS) is 13.3. The largest absolute Gasteiger partial charge is 0.380 e. The van der Waals surface area contributed by atoms with Crippen molar-refractivity contribution in [3.8, 4) is 0 Å². The first-order valence-corrected chi connectivity index (χ1v) is 7.72. The average Bonchev–Trinajstić information content (AvgIpc) is 3.00. The zero-order valence-corrected chi connectivity index (χ0v) is 12.1. The van der Waals surface area contributed by atoms with Crippen molar-refractivity contribution >= 4 is 16.5 Å². The molecule has 0 spiro atoms. The van der Waals surface area contributed by atoms with E-state index in [0.717, 1.165) is 6.54 Å². The Morgan fingerprint density at radius 3 is 2.67 bits per heavy atom. The highest BCUT2D eigenvalue weighted by atomic mass is 14.9. The molecule has 0 heterocycles. The maximum atomic E-state index is 3.60. The molecule has 0 aromatic heterocycles. The van der Waals surface area contributed by atoms with E-state index in [4.69, 9.17) is 0 Å². The van der Waals surface area contributed by atoms with Gasteiger partial charge in [-0.15, -0.1) is 0 Å². The van der Waals surface area contributed by atoms with Crippen molar-refractivity contribution in [2.24, 2.45) is 0 Å². The number of nitrogens with one attached hydrogen (secondary N) is 1. The molecule has 1 heteroatoms. The first-order valence-electron chi connectivity index (χ1n) is 7.72. The molecule has 0 saturated carbocycles. The summed E-state index contributed by atoms with van der Waals surface area (Å²) < 4.78 is 0. The first kappa shape index (κ1) is 12.5. The molecule has 3 aromatic carbocycles. The molecule has 0 bridgehead atoms. The molecule has 1 nitrogen and oxygen atoms in total. The standard InChI is InChI=1S/C20H19N/c1-2-9-19-17(5-1)7-4-10-20(19)21-14-15-11-12-16-6-3-8-18(16)13-15/h1-2,4-5,7,9-13,21H,3,6,8,14H2. The molecule has 0 fully saturated rings. The second-order valence-electron chi connectivity index (χ2n) is 5.84. The molecule has 21 heavy (non-hydrogen) atoms. The average molecular weight is 273 g/mol. The Labute approximate surface area is 125 Å². The van der Waals surface area contributed by atoms with Crippen LogP contribution < -0.4 is 5.32 Å². The highest BCUT2D eigenvalue weighted by Crippen LogP contribution is 2.25. The van der Waals surface area contributed by atoms with Gasteiger partial charge in [0.2, 0.25) is 0 Å². The van der Waals surface area contributed by atoms with E-state index in [9.17, 15) is 0 Å². The summed E-state index contributed by atoms with van der Waals surface area (Å²) in [5.74, 6) is 0. The molecule has 0 aliphatic heterocycles. The van der Waals surface area contributed by atoms with Gasteiger partial charge in [-0.1, -0.05) is 54.6 Å². The summed E-state index contributed by atoms with van der Waals surface area (Å²) in [6.45, 7) is 0.890. The molecule has 1 aliphatic rings. The quantitative estimate of drug-likeness (QED) is 0.712. The van der Waals surface area contributed by atoms with E-state index in [2.05, 4.69) is 66.0 Å². The molecule has 4 rings (SSSR count). The maximum absolute atomic E-state index is 3.60. The lowest BCUT2D eigenvalue weighted by atomic mass is 10.1. The van der Waals surface area contributed by atoms with Crippen LogP contribution >= 0.6 is 0 Å². The third-order valence-electron chi connectivity index (χ3n) is 4.44. The lowest BCUT2D eigenvalue weighted by Gasteiger charge is -2.11. The van der Waals surface area contributed by atoms with Crippen molar-refractivity contribution in [1.29, 1.82) is 0 Å². The van der Waals surface area contributed by atoms with Gasteiger partial charge in [-0.25, -0.2) is 0 Å². The number of benzene rings is 3. The third kappa shape index (κ3) is 2.40. The van der Waals surface area contributed by atoms with Crippen LogP contribution in [0.2, 0.25) is 0 Å². The van der Waals surface area contributed by atoms with E-state index in [0.29, 0.717) is 0 Å².